The summed E-state index contributed by atoms with van der Waals surface area (Å²) in [7, 11) is 0. The number of rotatable bonds is 4. The second kappa shape index (κ2) is 7.97. The van der Waals surface area contributed by atoms with Crippen LogP contribution in [0.15, 0.2) is 36.4 Å². The lowest BCUT2D eigenvalue weighted by Crippen LogP contribution is -2.33. The summed E-state index contributed by atoms with van der Waals surface area (Å²) in [5.74, 6) is 1.45. The highest BCUT2D eigenvalue weighted by Crippen LogP contribution is 2.38. The molecule has 1 amide bonds. The number of nitrogens with zero attached hydrogens (tertiary/aromatic N) is 1. The summed E-state index contributed by atoms with van der Waals surface area (Å²) in [6, 6.07) is 11.2. The summed E-state index contributed by atoms with van der Waals surface area (Å²) in [4.78, 5) is 14.7. The summed E-state index contributed by atoms with van der Waals surface area (Å²) in [6.45, 7) is 2.31. The minimum Gasteiger partial charge on any atom is -0.486 e. The summed E-state index contributed by atoms with van der Waals surface area (Å²) in [6.07, 6.45) is 2.05. The van der Waals surface area contributed by atoms with Crippen LogP contribution in [0.2, 0.25) is 10.0 Å². The first-order valence-corrected chi connectivity index (χ1v) is 9.74. The van der Waals surface area contributed by atoms with Gasteiger partial charge in [0.25, 0.3) is 0 Å². The Morgan fingerprint density at radius 2 is 1.93 bits per heavy atom. The molecule has 1 saturated heterocycles. The molecule has 2 heterocycles. The number of hydrogen-bond donors (Lipinski definition) is 1. The van der Waals surface area contributed by atoms with Gasteiger partial charge in [0.2, 0.25) is 5.91 Å². The van der Waals surface area contributed by atoms with E-state index < -0.39 is 0 Å². The molecule has 2 aliphatic heterocycles. The Morgan fingerprint density at radius 3 is 2.78 bits per heavy atom. The normalized spacial score (nSPS) is 19.1. The molecule has 0 spiro atoms. The van der Waals surface area contributed by atoms with Crippen LogP contribution in [-0.2, 0) is 4.79 Å². The molecule has 1 N–H and O–H groups in total. The van der Waals surface area contributed by atoms with Crippen molar-refractivity contribution in [2.75, 3.05) is 31.6 Å². The fourth-order valence-electron chi connectivity index (χ4n) is 3.63. The fraction of sp³-hybridized carbons (Fsp3) is 0.350. The molecule has 0 aromatic heterocycles. The average molecular weight is 407 g/mol. The summed E-state index contributed by atoms with van der Waals surface area (Å²) in [5.41, 5.74) is 1.68. The fourth-order valence-corrected chi connectivity index (χ4v) is 3.96. The number of benzene rings is 2. The number of carbonyl (C=O) groups excluding carboxylic acids is 1. The first-order valence-electron chi connectivity index (χ1n) is 8.98. The third kappa shape index (κ3) is 4.15. The molecule has 1 atom stereocenters. The van der Waals surface area contributed by atoms with E-state index in [0.29, 0.717) is 35.5 Å². The van der Waals surface area contributed by atoms with E-state index in [1.807, 2.05) is 12.1 Å². The highest BCUT2D eigenvalue weighted by molar-refractivity contribution is 6.35. The molecule has 2 aromatic carbocycles. The molecule has 5 nitrogen and oxygen atoms in total. The van der Waals surface area contributed by atoms with Gasteiger partial charge in [-0.05, 0) is 55.3 Å². The smallest absolute Gasteiger partial charge is 0.238 e. The Labute approximate surface area is 168 Å². The highest BCUT2D eigenvalue weighted by atomic mass is 35.5. The maximum Gasteiger partial charge on any atom is 0.238 e. The molecule has 2 aliphatic rings. The van der Waals surface area contributed by atoms with E-state index in [2.05, 4.69) is 16.3 Å². The Hall–Kier alpha value is -1.95. The van der Waals surface area contributed by atoms with E-state index in [1.165, 1.54) is 0 Å². The molecule has 7 heteroatoms. The van der Waals surface area contributed by atoms with Gasteiger partial charge in [-0.3, -0.25) is 9.69 Å². The van der Waals surface area contributed by atoms with Crippen LogP contribution in [0.3, 0.4) is 0 Å². The maximum absolute atomic E-state index is 12.5. The third-order valence-electron chi connectivity index (χ3n) is 4.86. The van der Waals surface area contributed by atoms with Crippen LogP contribution in [0.1, 0.15) is 24.4 Å². The van der Waals surface area contributed by atoms with Crippen molar-refractivity contribution in [2.45, 2.75) is 18.9 Å². The lowest BCUT2D eigenvalue weighted by Gasteiger charge is -2.26. The Balaban J connectivity index is 1.45. The zero-order valence-electron chi connectivity index (χ0n) is 14.7. The SMILES string of the molecule is O=C(CN1CCC[C@H]1c1ccc2c(c1)OCCO2)Nc1cc(Cl)ccc1Cl. The number of amides is 1. The Bertz CT molecular complexity index is 859. The van der Waals surface area contributed by atoms with Gasteiger partial charge in [0.15, 0.2) is 11.5 Å². The number of likely N-dealkylation sites (tertiary alicyclic amines) is 1. The molecule has 4 rings (SSSR count). The van der Waals surface area contributed by atoms with Crippen LogP contribution < -0.4 is 14.8 Å². The van der Waals surface area contributed by atoms with Gasteiger partial charge in [-0.1, -0.05) is 29.3 Å². The predicted molar refractivity (Wildman–Crippen MR) is 106 cm³/mol. The molecule has 27 heavy (non-hydrogen) atoms. The van der Waals surface area contributed by atoms with Gasteiger partial charge in [-0.2, -0.15) is 0 Å². The van der Waals surface area contributed by atoms with Gasteiger partial charge in [0, 0.05) is 11.1 Å². The van der Waals surface area contributed by atoms with Gasteiger partial charge >= 0.3 is 0 Å². The Morgan fingerprint density at radius 1 is 1.11 bits per heavy atom. The molecule has 0 aliphatic carbocycles. The van der Waals surface area contributed by atoms with Crippen molar-refractivity contribution in [2.24, 2.45) is 0 Å². The van der Waals surface area contributed by atoms with Crippen molar-refractivity contribution < 1.29 is 14.3 Å². The Kier molecular flexibility index (Phi) is 5.43. The van der Waals surface area contributed by atoms with Crippen molar-refractivity contribution >= 4 is 34.8 Å². The van der Waals surface area contributed by atoms with E-state index in [9.17, 15) is 4.79 Å². The molecule has 0 bridgehead atoms. The first-order chi connectivity index (χ1) is 13.1. The number of fused-ring (bicyclic) bond motifs is 1. The number of carbonyl (C=O) groups is 1. The standard InChI is InChI=1S/C20H20Cl2N2O3/c21-14-4-5-15(22)16(11-14)23-20(25)12-24-7-1-2-17(24)13-3-6-18-19(10-13)27-9-8-26-18/h3-6,10-11,17H,1-2,7-9,12H2,(H,23,25)/t17-/m0/s1. The third-order valence-corrected chi connectivity index (χ3v) is 5.43. The lowest BCUT2D eigenvalue weighted by atomic mass is 10.0. The van der Waals surface area contributed by atoms with E-state index in [4.69, 9.17) is 32.7 Å². The van der Waals surface area contributed by atoms with E-state index in [1.54, 1.807) is 18.2 Å². The summed E-state index contributed by atoms with van der Waals surface area (Å²) < 4.78 is 11.3. The number of anilines is 1. The molecule has 0 radical (unpaired) electrons. The van der Waals surface area contributed by atoms with Crippen LogP contribution in [-0.4, -0.2) is 37.1 Å². The zero-order chi connectivity index (χ0) is 18.8. The van der Waals surface area contributed by atoms with Crippen molar-refractivity contribution in [3.05, 3.63) is 52.0 Å². The highest BCUT2D eigenvalue weighted by Gasteiger charge is 2.29. The van der Waals surface area contributed by atoms with Crippen LogP contribution in [0.4, 0.5) is 5.69 Å². The van der Waals surface area contributed by atoms with Gasteiger partial charge in [-0.25, -0.2) is 0 Å². The predicted octanol–water partition coefficient (Wildman–Crippen LogP) is 4.54. The quantitative estimate of drug-likeness (QED) is 0.809. The molecule has 142 valence electrons. The molecule has 2 aromatic rings. The van der Waals surface area contributed by atoms with Crippen molar-refractivity contribution in [3.8, 4) is 11.5 Å². The van der Waals surface area contributed by atoms with E-state index in [0.717, 1.165) is 36.4 Å². The van der Waals surface area contributed by atoms with Crippen molar-refractivity contribution in [1.82, 2.24) is 4.90 Å². The average Bonchev–Trinajstić information content (AvgIpc) is 3.12. The maximum atomic E-state index is 12.5. The number of hydrogen-bond acceptors (Lipinski definition) is 4. The summed E-state index contributed by atoms with van der Waals surface area (Å²) in [5, 5.41) is 3.86. The zero-order valence-corrected chi connectivity index (χ0v) is 16.2. The second-order valence-corrected chi connectivity index (χ2v) is 7.55. The molecular formula is C20H20Cl2N2O3. The topological polar surface area (TPSA) is 50.8 Å². The largest absolute Gasteiger partial charge is 0.486 e. The number of nitrogens with one attached hydrogen (secondary N) is 1. The van der Waals surface area contributed by atoms with E-state index in [-0.39, 0.29) is 11.9 Å². The van der Waals surface area contributed by atoms with Crippen LogP contribution >= 0.6 is 23.2 Å². The minimum absolute atomic E-state index is 0.108. The second-order valence-electron chi connectivity index (χ2n) is 6.70. The monoisotopic (exact) mass is 406 g/mol. The van der Waals surface area contributed by atoms with E-state index >= 15 is 0 Å². The van der Waals surface area contributed by atoms with Crippen molar-refractivity contribution in [3.63, 3.8) is 0 Å². The molecule has 0 unspecified atom stereocenters. The van der Waals surface area contributed by atoms with Gasteiger partial charge in [0.05, 0.1) is 17.3 Å². The first kappa shape index (κ1) is 18.4. The number of ether oxygens (including phenoxy) is 2. The van der Waals surface area contributed by atoms with Crippen LogP contribution in [0, 0.1) is 0 Å². The lowest BCUT2D eigenvalue weighted by molar-refractivity contribution is -0.117. The van der Waals surface area contributed by atoms with Crippen molar-refractivity contribution in [1.29, 1.82) is 0 Å². The molecule has 0 saturated carbocycles. The van der Waals surface area contributed by atoms with Gasteiger partial charge in [-0.15, -0.1) is 0 Å². The molecule has 1 fully saturated rings. The minimum atomic E-state index is -0.108. The number of halogens is 2. The van der Waals surface area contributed by atoms with Gasteiger partial charge in [0.1, 0.15) is 13.2 Å². The van der Waals surface area contributed by atoms with Crippen LogP contribution in [0.25, 0.3) is 0 Å². The van der Waals surface area contributed by atoms with Gasteiger partial charge < -0.3 is 14.8 Å². The summed E-state index contributed by atoms with van der Waals surface area (Å²) >= 11 is 12.1. The van der Waals surface area contributed by atoms with Crippen LogP contribution in [0.5, 0.6) is 11.5 Å². The molecular weight excluding hydrogens is 387 g/mol.